The molecule has 0 fully saturated rings. The lowest BCUT2D eigenvalue weighted by atomic mass is 10.1. The van der Waals surface area contributed by atoms with Crippen LogP contribution in [0.3, 0.4) is 0 Å². The monoisotopic (exact) mass is 333 g/mol. The van der Waals surface area contributed by atoms with Crippen LogP contribution in [0.15, 0.2) is 18.2 Å². The van der Waals surface area contributed by atoms with Gasteiger partial charge in [0.1, 0.15) is 5.75 Å². The van der Waals surface area contributed by atoms with Crippen LogP contribution >= 0.6 is 0 Å². The van der Waals surface area contributed by atoms with Gasteiger partial charge in [0.15, 0.2) is 0 Å². The number of carbonyl (C=O) groups excluding carboxylic acids is 1. The number of hydrogen-bond acceptors (Lipinski definition) is 3. The third kappa shape index (κ3) is 6.35. The minimum absolute atomic E-state index is 0.0441. The minimum Gasteiger partial charge on any atom is -0.491 e. The van der Waals surface area contributed by atoms with Crippen LogP contribution in [-0.4, -0.2) is 24.7 Å². The Morgan fingerprint density at radius 2 is 1.91 bits per heavy atom. The number of carbonyl (C=O) groups is 1. The number of halogens is 3. The number of nitrogens with one attached hydrogen (secondary N) is 2. The molecule has 0 unspecified atom stereocenters. The number of alkyl halides is 3. The fraction of sp³-hybridized carbons (Fsp3) is 0.533. The Kier molecular flexibility index (Phi) is 6.26. The molecule has 0 aliphatic rings. The molecule has 2 amide bonds. The van der Waals surface area contributed by atoms with Crippen molar-refractivity contribution in [2.45, 2.75) is 38.9 Å². The van der Waals surface area contributed by atoms with Gasteiger partial charge in [0, 0.05) is 5.54 Å². The number of para-hydroxylation sites is 1. The second-order valence-electron chi connectivity index (χ2n) is 6.00. The number of nitrogens with two attached hydrogens (primary N) is 1. The summed E-state index contributed by atoms with van der Waals surface area (Å²) in [5.74, 6) is -0.0441. The lowest BCUT2D eigenvalue weighted by molar-refractivity contribution is -0.137. The fourth-order valence-electron chi connectivity index (χ4n) is 1.77. The Balaban J connectivity index is 3.10. The standard InChI is InChI=1S/C15H22F3N3O2/c1-14(2,3)21-13(22)20-12-10(15(16,17)18)6-4-7-11(12)23-9-5-8-19/h4,6-7H,5,8-9,19H2,1-3H3,(H2,20,21,22). The summed E-state index contributed by atoms with van der Waals surface area (Å²) in [5, 5.41) is 4.79. The summed E-state index contributed by atoms with van der Waals surface area (Å²) < 4.78 is 44.8. The van der Waals surface area contributed by atoms with Gasteiger partial charge in [-0.25, -0.2) is 4.79 Å². The highest BCUT2D eigenvalue weighted by Gasteiger charge is 2.35. The van der Waals surface area contributed by atoms with Crippen molar-refractivity contribution in [2.24, 2.45) is 5.73 Å². The van der Waals surface area contributed by atoms with Gasteiger partial charge in [0.2, 0.25) is 0 Å². The molecule has 4 N–H and O–H groups in total. The molecule has 1 rings (SSSR count). The Labute approximate surface area is 133 Å². The van der Waals surface area contributed by atoms with Crippen molar-refractivity contribution in [3.8, 4) is 5.75 Å². The lowest BCUT2D eigenvalue weighted by Crippen LogP contribution is -2.43. The van der Waals surface area contributed by atoms with Crippen LogP contribution in [0, 0.1) is 0 Å². The number of benzene rings is 1. The summed E-state index contributed by atoms with van der Waals surface area (Å²) in [5.41, 5.74) is 3.38. The average Bonchev–Trinajstić information content (AvgIpc) is 2.37. The van der Waals surface area contributed by atoms with E-state index in [0.717, 1.165) is 6.07 Å². The summed E-state index contributed by atoms with van der Waals surface area (Å²) in [6.07, 6.45) is -4.12. The molecule has 0 saturated carbocycles. The van der Waals surface area contributed by atoms with Crippen LogP contribution in [0.25, 0.3) is 0 Å². The summed E-state index contributed by atoms with van der Waals surface area (Å²) >= 11 is 0. The van der Waals surface area contributed by atoms with Crippen molar-refractivity contribution in [2.75, 3.05) is 18.5 Å². The van der Waals surface area contributed by atoms with Crippen molar-refractivity contribution in [1.29, 1.82) is 0 Å². The van der Waals surface area contributed by atoms with Crippen molar-refractivity contribution < 1.29 is 22.7 Å². The fourth-order valence-corrected chi connectivity index (χ4v) is 1.77. The van der Waals surface area contributed by atoms with E-state index in [1.807, 2.05) is 0 Å². The zero-order valence-electron chi connectivity index (χ0n) is 13.4. The first-order valence-corrected chi connectivity index (χ1v) is 7.17. The molecule has 0 atom stereocenters. The van der Waals surface area contributed by atoms with Gasteiger partial charge < -0.3 is 21.1 Å². The zero-order valence-corrected chi connectivity index (χ0v) is 13.4. The normalized spacial score (nSPS) is 12.0. The molecule has 23 heavy (non-hydrogen) atoms. The molecule has 5 nitrogen and oxygen atoms in total. The number of ether oxygens (including phenoxy) is 1. The first-order chi connectivity index (χ1) is 10.5. The van der Waals surface area contributed by atoms with Crippen LogP contribution in [-0.2, 0) is 6.18 Å². The molecule has 1 aromatic rings. The maximum Gasteiger partial charge on any atom is 0.418 e. The Morgan fingerprint density at radius 1 is 1.26 bits per heavy atom. The van der Waals surface area contributed by atoms with E-state index in [1.165, 1.54) is 12.1 Å². The molecule has 0 aliphatic heterocycles. The molecule has 0 heterocycles. The molecule has 0 aromatic heterocycles. The van der Waals surface area contributed by atoms with Gasteiger partial charge in [-0.1, -0.05) is 6.07 Å². The number of rotatable bonds is 5. The Morgan fingerprint density at radius 3 is 2.43 bits per heavy atom. The second-order valence-corrected chi connectivity index (χ2v) is 6.00. The highest BCUT2D eigenvalue weighted by atomic mass is 19.4. The molecule has 0 spiro atoms. The molecule has 130 valence electrons. The van der Waals surface area contributed by atoms with Crippen LogP contribution in [0.1, 0.15) is 32.8 Å². The summed E-state index contributed by atoms with van der Waals surface area (Å²) in [4.78, 5) is 11.9. The Bertz CT molecular complexity index is 540. The quantitative estimate of drug-likeness (QED) is 0.723. The predicted octanol–water partition coefficient (Wildman–Crippen LogP) is 3.35. The van der Waals surface area contributed by atoms with Crippen LogP contribution < -0.4 is 21.1 Å². The van der Waals surface area contributed by atoms with Gasteiger partial charge in [-0.2, -0.15) is 13.2 Å². The van der Waals surface area contributed by atoms with Gasteiger partial charge in [-0.3, -0.25) is 0 Å². The second kappa shape index (κ2) is 7.54. The van der Waals surface area contributed by atoms with E-state index in [2.05, 4.69) is 10.6 Å². The number of hydrogen-bond donors (Lipinski definition) is 3. The number of anilines is 1. The number of amides is 2. The van der Waals surface area contributed by atoms with Gasteiger partial charge in [0.25, 0.3) is 0 Å². The van der Waals surface area contributed by atoms with E-state index in [1.54, 1.807) is 20.8 Å². The first kappa shape index (κ1) is 19.1. The summed E-state index contributed by atoms with van der Waals surface area (Å²) in [6.45, 7) is 5.68. The van der Waals surface area contributed by atoms with Gasteiger partial charge in [-0.05, 0) is 45.9 Å². The number of urea groups is 1. The molecule has 0 radical (unpaired) electrons. The van der Waals surface area contributed by atoms with E-state index in [-0.39, 0.29) is 12.4 Å². The van der Waals surface area contributed by atoms with E-state index < -0.39 is 29.0 Å². The molecule has 0 saturated heterocycles. The van der Waals surface area contributed by atoms with E-state index in [9.17, 15) is 18.0 Å². The van der Waals surface area contributed by atoms with Gasteiger partial charge >= 0.3 is 12.2 Å². The maximum absolute atomic E-state index is 13.2. The van der Waals surface area contributed by atoms with Gasteiger partial charge in [0.05, 0.1) is 17.9 Å². The smallest absolute Gasteiger partial charge is 0.418 e. The minimum atomic E-state index is -4.61. The topological polar surface area (TPSA) is 76.4 Å². The van der Waals surface area contributed by atoms with E-state index in [4.69, 9.17) is 10.5 Å². The molecule has 8 heteroatoms. The summed E-state index contributed by atoms with van der Waals surface area (Å²) in [6, 6.07) is 2.76. The highest BCUT2D eigenvalue weighted by molar-refractivity contribution is 5.92. The van der Waals surface area contributed by atoms with Crippen molar-refractivity contribution >= 4 is 11.7 Å². The van der Waals surface area contributed by atoms with E-state index in [0.29, 0.717) is 13.0 Å². The molecule has 0 bridgehead atoms. The molecule has 0 aliphatic carbocycles. The third-order valence-corrected chi connectivity index (χ3v) is 2.66. The van der Waals surface area contributed by atoms with Crippen LogP contribution in [0.5, 0.6) is 5.75 Å². The van der Waals surface area contributed by atoms with E-state index >= 15 is 0 Å². The van der Waals surface area contributed by atoms with Crippen LogP contribution in [0.4, 0.5) is 23.7 Å². The predicted molar refractivity (Wildman–Crippen MR) is 82.5 cm³/mol. The summed E-state index contributed by atoms with van der Waals surface area (Å²) in [7, 11) is 0. The zero-order chi connectivity index (χ0) is 17.7. The Hall–Kier alpha value is -1.96. The maximum atomic E-state index is 13.2. The molecular weight excluding hydrogens is 311 g/mol. The molecule has 1 aromatic carbocycles. The van der Waals surface area contributed by atoms with Crippen molar-refractivity contribution in [1.82, 2.24) is 5.32 Å². The SMILES string of the molecule is CC(C)(C)NC(=O)Nc1c(OCCCN)cccc1C(F)(F)F. The first-order valence-electron chi connectivity index (χ1n) is 7.17. The van der Waals surface area contributed by atoms with Crippen molar-refractivity contribution in [3.05, 3.63) is 23.8 Å². The highest BCUT2D eigenvalue weighted by Crippen LogP contribution is 2.39. The van der Waals surface area contributed by atoms with Gasteiger partial charge in [-0.15, -0.1) is 0 Å². The van der Waals surface area contributed by atoms with Crippen LogP contribution in [0.2, 0.25) is 0 Å². The average molecular weight is 333 g/mol. The third-order valence-electron chi connectivity index (χ3n) is 2.66. The molecular formula is C15H22F3N3O2. The largest absolute Gasteiger partial charge is 0.491 e. The lowest BCUT2D eigenvalue weighted by Gasteiger charge is -2.23. The van der Waals surface area contributed by atoms with Crippen molar-refractivity contribution in [3.63, 3.8) is 0 Å².